The van der Waals surface area contributed by atoms with E-state index in [2.05, 4.69) is 16.5 Å². The molecule has 0 aromatic carbocycles. The highest BCUT2D eigenvalue weighted by molar-refractivity contribution is 7.88. The molecule has 0 aliphatic heterocycles. The van der Waals surface area contributed by atoms with Gasteiger partial charge in [-0.15, -0.1) is 0 Å². The van der Waals surface area contributed by atoms with Crippen LogP contribution in [-0.4, -0.2) is 54.4 Å². The van der Waals surface area contributed by atoms with Crippen LogP contribution in [0, 0.1) is 0 Å². The molecule has 1 N–H and O–H groups in total. The van der Waals surface area contributed by atoms with Crippen molar-refractivity contribution in [2.75, 3.05) is 25.9 Å². The van der Waals surface area contributed by atoms with Gasteiger partial charge in [-0.1, -0.05) is 19.8 Å². The standard InChI is InChI=1S/C16H30N4O2S/c1-4-20(23(3,21)22)13-7-11-17-15-9-6-5-8-14(15)16-10-12-18-19(16)2/h10,12,14-15,17H,4-9,11,13H2,1-3H3. The third-order valence-corrected chi connectivity index (χ3v) is 6.20. The Kier molecular flexibility index (Phi) is 6.61. The summed E-state index contributed by atoms with van der Waals surface area (Å²) in [7, 11) is -1.07. The summed E-state index contributed by atoms with van der Waals surface area (Å²) in [4.78, 5) is 0. The zero-order valence-electron chi connectivity index (χ0n) is 14.5. The molecule has 0 bridgehead atoms. The SMILES string of the molecule is CCN(CCCNC1CCCCC1c1ccnn1C)S(C)(=O)=O. The lowest BCUT2D eigenvalue weighted by Crippen LogP contribution is -2.40. The van der Waals surface area contributed by atoms with E-state index in [1.165, 1.54) is 41.9 Å². The van der Waals surface area contributed by atoms with Crippen molar-refractivity contribution in [3.63, 3.8) is 0 Å². The number of aryl methyl sites for hydroxylation is 1. The summed E-state index contributed by atoms with van der Waals surface area (Å²) in [5, 5.41) is 7.96. The smallest absolute Gasteiger partial charge is 0.211 e. The van der Waals surface area contributed by atoms with Crippen molar-refractivity contribution in [2.24, 2.45) is 7.05 Å². The molecule has 0 radical (unpaired) electrons. The first-order valence-corrected chi connectivity index (χ1v) is 10.4. The van der Waals surface area contributed by atoms with Gasteiger partial charge in [0.2, 0.25) is 10.0 Å². The summed E-state index contributed by atoms with van der Waals surface area (Å²) in [6.45, 7) is 3.87. The number of nitrogens with zero attached hydrogens (tertiary/aromatic N) is 3. The number of nitrogens with one attached hydrogen (secondary N) is 1. The number of hydrogen-bond acceptors (Lipinski definition) is 4. The van der Waals surface area contributed by atoms with Gasteiger partial charge in [0.05, 0.1) is 6.26 Å². The Morgan fingerprint density at radius 2 is 2.13 bits per heavy atom. The van der Waals surface area contributed by atoms with E-state index in [1.54, 1.807) is 0 Å². The Balaban J connectivity index is 1.85. The average Bonchev–Trinajstić information content (AvgIpc) is 2.92. The van der Waals surface area contributed by atoms with E-state index in [4.69, 9.17) is 0 Å². The number of hydrogen-bond donors (Lipinski definition) is 1. The zero-order chi connectivity index (χ0) is 16.9. The Morgan fingerprint density at radius 3 is 2.74 bits per heavy atom. The average molecular weight is 343 g/mol. The third kappa shape index (κ3) is 5.02. The molecule has 1 aliphatic carbocycles. The highest BCUT2D eigenvalue weighted by atomic mass is 32.2. The first-order chi connectivity index (χ1) is 10.9. The fourth-order valence-corrected chi connectivity index (χ4v) is 4.51. The number of sulfonamides is 1. The molecule has 2 unspecified atom stereocenters. The minimum atomic E-state index is -3.08. The fourth-order valence-electron chi connectivity index (χ4n) is 3.58. The Bertz CT molecular complexity index is 585. The Labute approximate surface area is 140 Å². The van der Waals surface area contributed by atoms with Crippen LogP contribution >= 0.6 is 0 Å². The van der Waals surface area contributed by atoms with E-state index < -0.39 is 10.0 Å². The maximum atomic E-state index is 11.6. The van der Waals surface area contributed by atoms with Gasteiger partial charge >= 0.3 is 0 Å². The first-order valence-electron chi connectivity index (χ1n) is 8.60. The minimum absolute atomic E-state index is 0.465. The molecule has 1 aromatic rings. The highest BCUT2D eigenvalue weighted by Gasteiger charge is 2.28. The van der Waals surface area contributed by atoms with Crippen molar-refractivity contribution in [3.8, 4) is 0 Å². The van der Waals surface area contributed by atoms with Crippen molar-refractivity contribution in [1.82, 2.24) is 19.4 Å². The van der Waals surface area contributed by atoms with E-state index >= 15 is 0 Å². The van der Waals surface area contributed by atoms with Gasteiger partial charge in [-0.25, -0.2) is 12.7 Å². The second-order valence-electron chi connectivity index (χ2n) is 6.44. The lowest BCUT2D eigenvalue weighted by Gasteiger charge is -2.32. The van der Waals surface area contributed by atoms with E-state index in [-0.39, 0.29) is 0 Å². The summed E-state index contributed by atoms with van der Waals surface area (Å²) in [5.41, 5.74) is 1.30. The molecule has 1 aromatic heterocycles. The quantitative estimate of drug-likeness (QED) is 0.730. The van der Waals surface area contributed by atoms with Crippen molar-refractivity contribution >= 4 is 10.0 Å². The number of aromatic nitrogens is 2. The summed E-state index contributed by atoms with van der Waals surface area (Å²) in [5.74, 6) is 0.508. The topological polar surface area (TPSA) is 67.2 Å². The molecule has 6 nitrogen and oxygen atoms in total. The van der Waals surface area contributed by atoms with Gasteiger partial charge in [0.25, 0.3) is 0 Å². The molecule has 2 rings (SSSR count). The highest BCUT2D eigenvalue weighted by Crippen LogP contribution is 2.32. The Hall–Kier alpha value is -0.920. The molecule has 1 heterocycles. The van der Waals surface area contributed by atoms with Crippen LogP contribution in [0.3, 0.4) is 0 Å². The predicted octanol–water partition coefficient (Wildman–Crippen LogP) is 1.71. The van der Waals surface area contributed by atoms with Gasteiger partial charge in [0.15, 0.2) is 0 Å². The predicted molar refractivity (Wildman–Crippen MR) is 92.9 cm³/mol. The molecule has 23 heavy (non-hydrogen) atoms. The summed E-state index contributed by atoms with van der Waals surface area (Å²) >= 11 is 0. The van der Waals surface area contributed by atoms with Gasteiger partial charge in [-0.05, 0) is 31.9 Å². The van der Waals surface area contributed by atoms with Crippen LogP contribution in [0.2, 0.25) is 0 Å². The van der Waals surface area contributed by atoms with Gasteiger partial charge < -0.3 is 5.32 Å². The van der Waals surface area contributed by atoms with Crippen LogP contribution in [0.1, 0.15) is 50.6 Å². The van der Waals surface area contributed by atoms with E-state index in [0.717, 1.165) is 13.0 Å². The van der Waals surface area contributed by atoms with Gasteiger partial charge in [0, 0.05) is 44.0 Å². The lowest BCUT2D eigenvalue weighted by atomic mass is 9.82. The molecule has 0 amide bonds. The molecule has 1 saturated carbocycles. The van der Waals surface area contributed by atoms with E-state index in [0.29, 0.717) is 25.0 Å². The molecule has 1 fully saturated rings. The minimum Gasteiger partial charge on any atom is -0.313 e. The monoisotopic (exact) mass is 342 g/mol. The summed E-state index contributed by atoms with van der Waals surface area (Å²) in [6.07, 6.45) is 8.90. The van der Waals surface area contributed by atoms with Crippen LogP contribution in [0.4, 0.5) is 0 Å². The van der Waals surface area contributed by atoms with Crippen molar-refractivity contribution in [3.05, 3.63) is 18.0 Å². The molecular weight excluding hydrogens is 312 g/mol. The van der Waals surface area contributed by atoms with E-state index in [9.17, 15) is 8.42 Å². The molecule has 0 saturated heterocycles. The molecule has 0 spiro atoms. The van der Waals surface area contributed by atoms with Crippen molar-refractivity contribution in [1.29, 1.82) is 0 Å². The third-order valence-electron chi connectivity index (χ3n) is 4.82. The van der Waals surface area contributed by atoms with E-state index in [1.807, 2.05) is 24.9 Å². The molecule has 132 valence electrons. The van der Waals surface area contributed by atoms with Crippen molar-refractivity contribution < 1.29 is 8.42 Å². The molecular formula is C16H30N4O2S. The summed E-state index contributed by atoms with van der Waals surface area (Å²) in [6, 6.07) is 2.58. The molecule has 7 heteroatoms. The van der Waals surface area contributed by atoms with Gasteiger partial charge in [0.1, 0.15) is 0 Å². The lowest BCUT2D eigenvalue weighted by molar-refractivity contribution is 0.311. The fraction of sp³-hybridized carbons (Fsp3) is 0.812. The van der Waals surface area contributed by atoms with Crippen LogP contribution in [-0.2, 0) is 17.1 Å². The van der Waals surface area contributed by atoms with Crippen LogP contribution in [0.25, 0.3) is 0 Å². The van der Waals surface area contributed by atoms with Crippen LogP contribution in [0.15, 0.2) is 12.3 Å². The second kappa shape index (κ2) is 8.26. The Morgan fingerprint density at radius 1 is 1.39 bits per heavy atom. The maximum Gasteiger partial charge on any atom is 0.211 e. The maximum absolute atomic E-state index is 11.6. The second-order valence-corrected chi connectivity index (χ2v) is 8.42. The van der Waals surface area contributed by atoms with Crippen molar-refractivity contribution in [2.45, 2.75) is 51.0 Å². The number of rotatable bonds is 8. The van der Waals surface area contributed by atoms with Crippen LogP contribution in [0.5, 0.6) is 0 Å². The zero-order valence-corrected chi connectivity index (χ0v) is 15.3. The summed E-state index contributed by atoms with van der Waals surface area (Å²) < 4.78 is 26.7. The molecule has 1 aliphatic rings. The van der Waals surface area contributed by atoms with Gasteiger partial charge in [-0.3, -0.25) is 4.68 Å². The molecule has 2 atom stereocenters. The normalized spacial score (nSPS) is 22.6. The largest absolute Gasteiger partial charge is 0.313 e. The van der Waals surface area contributed by atoms with Gasteiger partial charge in [-0.2, -0.15) is 5.10 Å². The first kappa shape index (κ1) is 18.4. The van der Waals surface area contributed by atoms with Crippen LogP contribution < -0.4 is 5.32 Å².